The molecule has 0 aromatic heterocycles. The molecule has 0 bridgehead atoms. The van der Waals surface area contributed by atoms with Crippen LogP contribution in [0.15, 0.2) is 36.9 Å². The maximum Gasteiger partial charge on any atom is 0.133 e. The van der Waals surface area contributed by atoms with Crippen molar-refractivity contribution >= 4 is 5.57 Å². The molecule has 16 heavy (non-hydrogen) atoms. The highest BCUT2D eigenvalue weighted by atomic mass is 14.3. The Balaban J connectivity index is 2.42. The van der Waals surface area contributed by atoms with Gasteiger partial charge in [-0.15, -0.1) is 0 Å². The molecule has 2 rings (SSSR count). The van der Waals surface area contributed by atoms with E-state index in [9.17, 15) is 0 Å². The molecule has 1 saturated carbocycles. The quantitative estimate of drug-likeness (QED) is 0.506. The summed E-state index contributed by atoms with van der Waals surface area (Å²) in [6.45, 7) is 12.4. The normalized spacial score (nSPS) is 13.8. The Morgan fingerprint density at radius 2 is 2.00 bits per heavy atom. The molecule has 1 aromatic rings. The van der Waals surface area contributed by atoms with Crippen LogP contribution in [0, 0.1) is 5.92 Å². The minimum absolute atomic E-state index is 1.05. The topological polar surface area (TPSA) is 0 Å². The van der Waals surface area contributed by atoms with Crippen molar-refractivity contribution in [2.24, 2.45) is 0 Å². The number of aryl methyl sites for hydroxylation is 1. The van der Waals surface area contributed by atoms with Gasteiger partial charge in [0.1, 0.15) is 5.56 Å². The first kappa shape index (κ1) is 11.1. The zero-order valence-electron chi connectivity index (χ0n) is 10.3. The summed E-state index contributed by atoms with van der Waals surface area (Å²) in [5.41, 5.74) is 6.20. The van der Waals surface area contributed by atoms with Crippen LogP contribution in [0.25, 0.3) is 5.57 Å². The van der Waals surface area contributed by atoms with E-state index in [0.29, 0.717) is 0 Å². The fourth-order valence-corrected chi connectivity index (χ4v) is 1.97. The Labute approximate surface area is 98.7 Å². The van der Waals surface area contributed by atoms with Gasteiger partial charge in [0, 0.05) is 36.5 Å². The zero-order chi connectivity index (χ0) is 11.7. The van der Waals surface area contributed by atoms with E-state index in [-0.39, 0.29) is 0 Å². The number of rotatable bonds is 4. The second kappa shape index (κ2) is 4.21. The van der Waals surface area contributed by atoms with E-state index >= 15 is 0 Å². The monoisotopic (exact) mass is 211 g/mol. The molecular formula is C16H19+. The molecule has 0 heteroatoms. The number of benzene rings is 1. The van der Waals surface area contributed by atoms with Crippen molar-refractivity contribution in [3.63, 3.8) is 0 Å². The first-order chi connectivity index (χ1) is 7.63. The van der Waals surface area contributed by atoms with E-state index in [0.717, 1.165) is 17.6 Å². The van der Waals surface area contributed by atoms with Crippen molar-refractivity contribution in [3.8, 4) is 0 Å². The van der Waals surface area contributed by atoms with E-state index in [4.69, 9.17) is 0 Å². The highest BCUT2D eigenvalue weighted by Gasteiger charge is 2.32. The lowest BCUT2D eigenvalue weighted by Gasteiger charge is -2.08. The maximum absolute atomic E-state index is 4.15. The average molecular weight is 211 g/mol. The number of allylic oxidation sites excluding steroid dienone is 2. The summed E-state index contributed by atoms with van der Waals surface area (Å²) >= 11 is 0. The third kappa shape index (κ3) is 2.06. The van der Waals surface area contributed by atoms with Crippen LogP contribution >= 0.6 is 0 Å². The predicted molar refractivity (Wildman–Crippen MR) is 71.2 cm³/mol. The molecule has 0 amide bonds. The summed E-state index contributed by atoms with van der Waals surface area (Å²) in [4.78, 5) is 0. The molecule has 0 heterocycles. The van der Waals surface area contributed by atoms with Crippen LogP contribution in [-0.2, 0) is 6.42 Å². The van der Waals surface area contributed by atoms with E-state index in [1.165, 1.54) is 29.5 Å². The van der Waals surface area contributed by atoms with Crippen molar-refractivity contribution in [1.29, 1.82) is 0 Å². The van der Waals surface area contributed by atoms with Crippen molar-refractivity contribution in [2.45, 2.75) is 33.1 Å². The van der Waals surface area contributed by atoms with Crippen LogP contribution in [0.3, 0.4) is 0 Å². The van der Waals surface area contributed by atoms with Crippen molar-refractivity contribution in [2.75, 3.05) is 0 Å². The fourth-order valence-electron chi connectivity index (χ4n) is 1.97. The lowest BCUT2D eigenvalue weighted by molar-refractivity contribution is 1.12. The van der Waals surface area contributed by atoms with Gasteiger partial charge in [-0.1, -0.05) is 20.1 Å². The molecule has 0 N–H and O–H groups in total. The summed E-state index contributed by atoms with van der Waals surface area (Å²) in [6, 6.07) is 6.78. The van der Waals surface area contributed by atoms with Gasteiger partial charge >= 0.3 is 0 Å². The van der Waals surface area contributed by atoms with Gasteiger partial charge in [-0.3, -0.25) is 0 Å². The minimum Gasteiger partial charge on any atom is -0.0955 e. The van der Waals surface area contributed by atoms with Gasteiger partial charge in [0.2, 0.25) is 0 Å². The Morgan fingerprint density at radius 1 is 1.31 bits per heavy atom. The Bertz CT molecular complexity index is 433. The van der Waals surface area contributed by atoms with Crippen molar-refractivity contribution in [3.05, 3.63) is 59.5 Å². The smallest absolute Gasteiger partial charge is 0.0955 e. The van der Waals surface area contributed by atoms with Crippen LogP contribution in [0.1, 0.15) is 43.4 Å². The lowest BCUT2D eigenvalue weighted by atomic mass is 9.92. The van der Waals surface area contributed by atoms with Crippen LogP contribution in [-0.4, -0.2) is 0 Å². The second-order valence-electron chi connectivity index (χ2n) is 4.59. The largest absolute Gasteiger partial charge is 0.133 e. The summed E-state index contributed by atoms with van der Waals surface area (Å²) in [7, 11) is 0. The van der Waals surface area contributed by atoms with Crippen LogP contribution < -0.4 is 0 Å². The van der Waals surface area contributed by atoms with Gasteiger partial charge in [0.15, 0.2) is 0 Å². The van der Waals surface area contributed by atoms with Gasteiger partial charge in [0.05, 0.1) is 6.07 Å². The first-order valence-electron chi connectivity index (χ1n) is 5.96. The third-order valence-corrected chi connectivity index (χ3v) is 3.24. The second-order valence-corrected chi connectivity index (χ2v) is 4.59. The Morgan fingerprint density at radius 3 is 2.50 bits per heavy atom. The molecule has 0 saturated heterocycles. The minimum atomic E-state index is 1.05. The number of hydrogen-bond acceptors (Lipinski definition) is 0. The molecule has 0 spiro atoms. The third-order valence-electron chi connectivity index (χ3n) is 3.24. The van der Waals surface area contributed by atoms with Crippen molar-refractivity contribution < 1.29 is 0 Å². The highest BCUT2D eigenvalue weighted by Crippen LogP contribution is 2.40. The molecule has 0 unspecified atom stereocenters. The van der Waals surface area contributed by atoms with Crippen LogP contribution in [0.2, 0.25) is 0 Å². The summed E-state index contributed by atoms with van der Waals surface area (Å²) < 4.78 is 0. The Hall–Kier alpha value is -1.43. The Kier molecular flexibility index (Phi) is 2.91. The van der Waals surface area contributed by atoms with E-state index in [2.05, 4.69) is 38.3 Å². The molecule has 0 atom stereocenters. The maximum atomic E-state index is 4.15. The van der Waals surface area contributed by atoms with Gasteiger partial charge < -0.3 is 0 Å². The molecule has 82 valence electrons. The molecule has 0 radical (unpaired) electrons. The van der Waals surface area contributed by atoms with Crippen LogP contribution in [0.4, 0.5) is 0 Å². The van der Waals surface area contributed by atoms with E-state index in [1.54, 1.807) is 5.92 Å². The summed E-state index contributed by atoms with van der Waals surface area (Å²) in [5.74, 6) is 1.58. The molecule has 1 fully saturated rings. The van der Waals surface area contributed by atoms with Gasteiger partial charge in [-0.05, 0) is 30.1 Å². The lowest BCUT2D eigenvalue weighted by Crippen LogP contribution is -1.94. The molecular weight excluding hydrogens is 192 g/mol. The van der Waals surface area contributed by atoms with Crippen molar-refractivity contribution in [1.82, 2.24) is 0 Å². The summed E-state index contributed by atoms with van der Waals surface area (Å²) in [6.07, 6.45) is 3.59. The highest BCUT2D eigenvalue weighted by molar-refractivity contribution is 5.78. The van der Waals surface area contributed by atoms with Gasteiger partial charge in [0.25, 0.3) is 0 Å². The molecule has 1 aromatic carbocycles. The zero-order valence-corrected chi connectivity index (χ0v) is 10.3. The fraction of sp³-hybridized carbons (Fsp3) is 0.312. The molecule has 0 aliphatic heterocycles. The molecule has 1 aliphatic rings. The standard InChI is InChI=1S/C16H19/c1-5-13-6-9-15(14-7-8-14)10-16(13)12(4)11(2)3/h6,9-10H,2,4-5,7-8H2,1,3H3/q+1. The van der Waals surface area contributed by atoms with E-state index < -0.39 is 0 Å². The number of hydrogen-bond donors (Lipinski definition) is 0. The first-order valence-corrected chi connectivity index (χ1v) is 5.96. The molecule has 1 aliphatic carbocycles. The molecule has 0 nitrogen and oxygen atoms in total. The van der Waals surface area contributed by atoms with Gasteiger partial charge in [-0.2, -0.15) is 0 Å². The van der Waals surface area contributed by atoms with Crippen LogP contribution in [0.5, 0.6) is 0 Å². The summed E-state index contributed by atoms with van der Waals surface area (Å²) in [5, 5.41) is 0. The predicted octanol–water partition coefficient (Wildman–Crippen LogP) is 4.55. The average Bonchev–Trinajstić information content (AvgIpc) is 3.11. The van der Waals surface area contributed by atoms with Gasteiger partial charge in [-0.25, -0.2) is 0 Å². The van der Waals surface area contributed by atoms with E-state index in [1.807, 2.05) is 6.92 Å². The SMILES string of the molecule is C=C(C)C(=C)c1cc([C+]2CC2)ccc1CC.